The molecular formula is C17H19ClN2S. The summed E-state index contributed by atoms with van der Waals surface area (Å²) in [6.45, 7) is 4.09. The lowest BCUT2D eigenvalue weighted by molar-refractivity contribution is 0.677. The summed E-state index contributed by atoms with van der Waals surface area (Å²) < 4.78 is 2.28. The summed E-state index contributed by atoms with van der Waals surface area (Å²) in [6, 6.07) is 10.4. The molecule has 0 saturated heterocycles. The van der Waals surface area contributed by atoms with Crippen molar-refractivity contribution in [3.8, 4) is 10.6 Å². The second kappa shape index (κ2) is 6.22. The fourth-order valence-corrected chi connectivity index (χ4v) is 3.79. The maximum absolute atomic E-state index is 6.21. The molecule has 0 radical (unpaired) electrons. The van der Waals surface area contributed by atoms with Gasteiger partial charge in [-0.25, -0.2) is 0 Å². The van der Waals surface area contributed by atoms with Crippen molar-refractivity contribution in [3.05, 3.63) is 46.3 Å². The smallest absolute Gasteiger partial charge is 0.0635 e. The molecule has 0 saturated carbocycles. The first-order valence-corrected chi connectivity index (χ1v) is 8.49. The quantitative estimate of drug-likeness (QED) is 0.651. The lowest BCUT2D eigenvalue weighted by atomic mass is 10.1. The topological polar surface area (TPSA) is 17.0 Å². The molecule has 2 heterocycles. The molecule has 4 heteroatoms. The lowest BCUT2D eigenvalue weighted by Crippen LogP contribution is -2.14. The minimum Gasteiger partial charge on any atom is -0.343 e. The van der Waals surface area contributed by atoms with E-state index in [4.69, 9.17) is 11.6 Å². The predicted molar refractivity (Wildman–Crippen MR) is 93.2 cm³/mol. The van der Waals surface area contributed by atoms with Crippen molar-refractivity contribution >= 4 is 33.8 Å². The Morgan fingerprint density at radius 3 is 2.86 bits per heavy atom. The van der Waals surface area contributed by atoms with Crippen LogP contribution in [0.25, 0.3) is 21.5 Å². The Morgan fingerprint density at radius 2 is 2.14 bits per heavy atom. The van der Waals surface area contributed by atoms with Crippen LogP contribution >= 0.6 is 22.9 Å². The van der Waals surface area contributed by atoms with Gasteiger partial charge in [0.25, 0.3) is 0 Å². The largest absolute Gasteiger partial charge is 0.343 e. The fourth-order valence-electron chi connectivity index (χ4n) is 2.79. The number of aryl methyl sites for hydroxylation is 1. The normalized spacial score (nSPS) is 11.4. The zero-order chi connectivity index (χ0) is 14.8. The summed E-state index contributed by atoms with van der Waals surface area (Å²) in [5.74, 6) is 0. The van der Waals surface area contributed by atoms with Crippen molar-refractivity contribution in [2.24, 2.45) is 7.05 Å². The van der Waals surface area contributed by atoms with Crippen molar-refractivity contribution in [1.29, 1.82) is 0 Å². The third-order valence-electron chi connectivity index (χ3n) is 3.75. The Bertz CT molecular complexity index is 744. The summed E-state index contributed by atoms with van der Waals surface area (Å²) in [4.78, 5) is 1.30. The molecule has 0 amide bonds. The van der Waals surface area contributed by atoms with E-state index in [1.165, 1.54) is 27.0 Å². The molecule has 0 atom stereocenters. The Balaban J connectivity index is 2.18. The molecule has 0 spiro atoms. The fraction of sp³-hybridized carbons (Fsp3) is 0.294. The van der Waals surface area contributed by atoms with Crippen LogP contribution in [0.1, 0.15) is 18.9 Å². The average Bonchev–Trinajstić information content (AvgIpc) is 3.07. The number of aromatic nitrogens is 1. The van der Waals surface area contributed by atoms with Crippen molar-refractivity contribution in [2.75, 3.05) is 6.54 Å². The van der Waals surface area contributed by atoms with Crippen molar-refractivity contribution < 1.29 is 0 Å². The minimum atomic E-state index is 0.794. The highest BCUT2D eigenvalue weighted by Gasteiger charge is 2.17. The maximum Gasteiger partial charge on any atom is 0.0635 e. The molecule has 21 heavy (non-hydrogen) atoms. The van der Waals surface area contributed by atoms with E-state index < -0.39 is 0 Å². The number of nitrogens with zero attached hydrogens (tertiary/aromatic N) is 1. The summed E-state index contributed by atoms with van der Waals surface area (Å²) in [5, 5.41) is 7.70. The standard InChI is InChI=1S/C17H19ClN2S/c1-3-8-19-11-14-13-10-12(18)6-7-15(13)20(2)17(14)16-5-4-9-21-16/h4-7,9-10,19H,3,8,11H2,1-2H3. The second-order valence-electron chi connectivity index (χ2n) is 5.20. The van der Waals surface area contributed by atoms with Gasteiger partial charge in [0.1, 0.15) is 0 Å². The number of rotatable bonds is 5. The van der Waals surface area contributed by atoms with Crippen LogP contribution in [0.4, 0.5) is 0 Å². The van der Waals surface area contributed by atoms with E-state index in [0.29, 0.717) is 0 Å². The molecule has 0 fully saturated rings. The van der Waals surface area contributed by atoms with Crippen LogP contribution in [-0.4, -0.2) is 11.1 Å². The summed E-state index contributed by atoms with van der Waals surface area (Å²) in [7, 11) is 2.13. The van der Waals surface area contributed by atoms with Crippen molar-refractivity contribution in [3.63, 3.8) is 0 Å². The van der Waals surface area contributed by atoms with Crippen LogP contribution in [0.2, 0.25) is 5.02 Å². The number of benzene rings is 1. The molecule has 0 unspecified atom stereocenters. The van der Waals surface area contributed by atoms with Crippen molar-refractivity contribution in [2.45, 2.75) is 19.9 Å². The lowest BCUT2D eigenvalue weighted by Gasteiger charge is -2.07. The van der Waals surface area contributed by atoms with Crippen LogP contribution in [0.3, 0.4) is 0 Å². The van der Waals surface area contributed by atoms with Crippen LogP contribution in [-0.2, 0) is 13.6 Å². The molecule has 0 aliphatic heterocycles. The van der Waals surface area contributed by atoms with E-state index in [0.717, 1.165) is 24.5 Å². The molecule has 0 bridgehead atoms. The van der Waals surface area contributed by atoms with Gasteiger partial charge in [-0.05, 0) is 42.6 Å². The number of nitrogens with one attached hydrogen (secondary N) is 1. The van der Waals surface area contributed by atoms with Gasteiger partial charge < -0.3 is 9.88 Å². The Morgan fingerprint density at radius 1 is 1.29 bits per heavy atom. The van der Waals surface area contributed by atoms with Gasteiger partial charge >= 0.3 is 0 Å². The van der Waals surface area contributed by atoms with E-state index in [9.17, 15) is 0 Å². The van der Waals surface area contributed by atoms with Gasteiger partial charge in [0.2, 0.25) is 0 Å². The summed E-state index contributed by atoms with van der Waals surface area (Å²) in [6.07, 6.45) is 1.14. The van der Waals surface area contributed by atoms with E-state index in [-0.39, 0.29) is 0 Å². The molecule has 2 aromatic heterocycles. The number of fused-ring (bicyclic) bond motifs is 1. The molecule has 110 valence electrons. The van der Waals surface area contributed by atoms with E-state index in [1.54, 1.807) is 11.3 Å². The third kappa shape index (κ3) is 2.73. The van der Waals surface area contributed by atoms with Crippen LogP contribution in [0.15, 0.2) is 35.7 Å². The SMILES string of the molecule is CCCNCc1c(-c2cccs2)n(C)c2ccc(Cl)cc12. The van der Waals surface area contributed by atoms with Gasteiger partial charge in [-0.2, -0.15) is 0 Å². The zero-order valence-electron chi connectivity index (χ0n) is 12.3. The second-order valence-corrected chi connectivity index (χ2v) is 6.59. The first-order chi connectivity index (χ1) is 10.2. The third-order valence-corrected chi connectivity index (χ3v) is 4.86. The van der Waals surface area contributed by atoms with Gasteiger partial charge in [-0.3, -0.25) is 0 Å². The van der Waals surface area contributed by atoms with Gasteiger partial charge in [-0.1, -0.05) is 24.6 Å². The molecule has 1 aromatic carbocycles. The first-order valence-electron chi connectivity index (χ1n) is 7.23. The predicted octanol–water partition coefficient (Wildman–Crippen LogP) is 5.06. The highest BCUT2D eigenvalue weighted by Crippen LogP contribution is 2.36. The molecule has 2 nitrogen and oxygen atoms in total. The average molecular weight is 319 g/mol. The van der Waals surface area contributed by atoms with Crippen molar-refractivity contribution in [1.82, 2.24) is 9.88 Å². The Labute approximate surface area is 134 Å². The molecule has 1 N–H and O–H groups in total. The van der Waals surface area contributed by atoms with Gasteiger partial charge in [0.05, 0.1) is 10.6 Å². The Hall–Kier alpha value is -1.29. The molecule has 3 rings (SSSR count). The zero-order valence-corrected chi connectivity index (χ0v) is 13.9. The number of thiophene rings is 1. The monoisotopic (exact) mass is 318 g/mol. The highest BCUT2D eigenvalue weighted by molar-refractivity contribution is 7.13. The molecule has 0 aliphatic rings. The van der Waals surface area contributed by atoms with Gasteiger partial charge in [0, 0.05) is 35.1 Å². The van der Waals surface area contributed by atoms with E-state index in [1.807, 2.05) is 6.07 Å². The van der Waals surface area contributed by atoms with E-state index in [2.05, 4.69) is 53.5 Å². The van der Waals surface area contributed by atoms with Gasteiger partial charge in [0.15, 0.2) is 0 Å². The first kappa shape index (κ1) is 14.6. The minimum absolute atomic E-state index is 0.794. The molecule has 3 aromatic rings. The number of halogens is 1. The van der Waals surface area contributed by atoms with Crippen LogP contribution < -0.4 is 5.32 Å². The maximum atomic E-state index is 6.21. The number of hydrogen-bond donors (Lipinski definition) is 1. The number of hydrogen-bond acceptors (Lipinski definition) is 2. The summed E-state index contributed by atoms with van der Waals surface area (Å²) in [5.41, 5.74) is 3.87. The van der Waals surface area contributed by atoms with Gasteiger partial charge in [-0.15, -0.1) is 11.3 Å². The van der Waals surface area contributed by atoms with Crippen LogP contribution in [0, 0.1) is 0 Å². The van der Waals surface area contributed by atoms with E-state index >= 15 is 0 Å². The van der Waals surface area contributed by atoms with Crippen LogP contribution in [0.5, 0.6) is 0 Å². The summed E-state index contributed by atoms with van der Waals surface area (Å²) >= 11 is 7.99. The molecular weight excluding hydrogens is 300 g/mol. The Kier molecular flexibility index (Phi) is 4.34. The highest BCUT2D eigenvalue weighted by atomic mass is 35.5. The molecule has 0 aliphatic carbocycles.